The van der Waals surface area contributed by atoms with Crippen LogP contribution in [-0.4, -0.2) is 57.0 Å². The van der Waals surface area contributed by atoms with E-state index in [1.807, 2.05) is 17.5 Å². The van der Waals surface area contributed by atoms with Crippen molar-refractivity contribution in [3.8, 4) is 0 Å². The lowest BCUT2D eigenvalue weighted by molar-refractivity contribution is -0.150. The highest BCUT2D eigenvalue weighted by atomic mass is 32.2. The van der Waals surface area contributed by atoms with Crippen LogP contribution in [0.25, 0.3) is 0 Å². The zero-order valence-corrected chi connectivity index (χ0v) is 18.7. The zero-order chi connectivity index (χ0) is 22.8. The van der Waals surface area contributed by atoms with Crippen LogP contribution in [-0.2, 0) is 25.5 Å². The first kappa shape index (κ1) is 22.1. The van der Waals surface area contributed by atoms with Crippen molar-refractivity contribution >= 4 is 46.9 Å². The molecule has 2 amide bonds. The van der Waals surface area contributed by atoms with Crippen molar-refractivity contribution in [2.75, 3.05) is 5.75 Å². The molecule has 2 N–H and O–H groups in total. The Balaban J connectivity index is 1.47. The largest absolute Gasteiger partial charge is 0.477 e. The second kappa shape index (κ2) is 9.17. The number of fused-ring (bicyclic) bond motifs is 1. The summed E-state index contributed by atoms with van der Waals surface area (Å²) >= 11 is 2.79. The van der Waals surface area contributed by atoms with Gasteiger partial charge in [0, 0.05) is 16.2 Å². The van der Waals surface area contributed by atoms with Gasteiger partial charge in [-0.05, 0) is 30.5 Å². The molecule has 1 aromatic carbocycles. The van der Waals surface area contributed by atoms with E-state index >= 15 is 0 Å². The highest BCUT2D eigenvalue weighted by Crippen LogP contribution is 2.41. The van der Waals surface area contributed by atoms with E-state index in [-0.39, 0.29) is 23.8 Å². The fraction of sp³-hybridized carbons (Fsp3) is 0.273. The summed E-state index contributed by atoms with van der Waals surface area (Å²) in [7, 11) is 0. The second-order valence-corrected chi connectivity index (χ2v) is 9.44. The molecule has 3 atom stereocenters. The van der Waals surface area contributed by atoms with Crippen LogP contribution in [0.2, 0.25) is 0 Å². The number of nitrogens with zero attached hydrogens (tertiary/aromatic N) is 1. The zero-order valence-electron chi connectivity index (χ0n) is 17.0. The molecule has 4 rings (SSSR count). The van der Waals surface area contributed by atoms with E-state index in [2.05, 4.69) is 5.32 Å². The molecule has 0 aliphatic carbocycles. The predicted octanol–water partition coefficient (Wildman–Crippen LogP) is 2.27. The minimum absolute atomic E-state index is 0.165. The minimum atomic E-state index is -1.27. The van der Waals surface area contributed by atoms with Gasteiger partial charge in [0.2, 0.25) is 5.91 Å². The molecular weight excluding hydrogens is 452 g/mol. The molecule has 0 bridgehead atoms. The van der Waals surface area contributed by atoms with Crippen molar-refractivity contribution in [3.05, 3.63) is 69.6 Å². The van der Waals surface area contributed by atoms with Gasteiger partial charge in [0.25, 0.3) is 5.91 Å². The van der Waals surface area contributed by atoms with Crippen molar-refractivity contribution in [3.63, 3.8) is 0 Å². The molecule has 166 valence electrons. The number of thioether (sulfide) groups is 1. The number of carbonyl (C=O) groups excluding carboxylic acids is 3. The van der Waals surface area contributed by atoms with Crippen LogP contribution in [0.5, 0.6) is 0 Å². The maximum atomic E-state index is 12.8. The number of thiophene rings is 1. The van der Waals surface area contributed by atoms with Crippen molar-refractivity contribution in [1.29, 1.82) is 0 Å². The summed E-state index contributed by atoms with van der Waals surface area (Å²) in [6.45, 7) is 1.59. The van der Waals surface area contributed by atoms with Crippen LogP contribution in [0, 0.1) is 0 Å². The van der Waals surface area contributed by atoms with Gasteiger partial charge in [-0.25, -0.2) is 9.59 Å². The molecule has 2 aliphatic heterocycles. The molecule has 1 aromatic heterocycles. The van der Waals surface area contributed by atoms with Crippen LogP contribution in [0.1, 0.15) is 22.2 Å². The molecule has 10 heteroatoms. The van der Waals surface area contributed by atoms with Crippen molar-refractivity contribution < 1.29 is 29.0 Å². The molecule has 1 fully saturated rings. The van der Waals surface area contributed by atoms with Gasteiger partial charge < -0.3 is 15.2 Å². The Bertz CT molecular complexity index is 1080. The van der Waals surface area contributed by atoms with Crippen LogP contribution < -0.4 is 5.32 Å². The summed E-state index contributed by atoms with van der Waals surface area (Å²) in [6, 6.07) is 11.3. The highest BCUT2D eigenvalue weighted by Gasteiger charge is 2.54. The van der Waals surface area contributed by atoms with Crippen LogP contribution >= 0.6 is 23.1 Å². The molecular formula is C22H20N2O6S2. The van der Waals surface area contributed by atoms with Crippen LogP contribution in [0.15, 0.2) is 59.1 Å². The number of ether oxygens (including phenoxy) is 1. The maximum Gasteiger partial charge on any atom is 0.352 e. The average Bonchev–Trinajstić information content (AvgIpc) is 3.29. The Morgan fingerprint density at radius 1 is 1.22 bits per heavy atom. The number of carbonyl (C=O) groups is 4. The molecule has 2 aliphatic rings. The van der Waals surface area contributed by atoms with Gasteiger partial charge in [0.15, 0.2) is 0 Å². The first-order valence-electron chi connectivity index (χ1n) is 9.85. The third-order valence-electron chi connectivity index (χ3n) is 5.22. The van der Waals surface area contributed by atoms with Crippen molar-refractivity contribution in [2.45, 2.75) is 30.9 Å². The third kappa shape index (κ3) is 4.28. The van der Waals surface area contributed by atoms with Crippen LogP contribution in [0.3, 0.4) is 0 Å². The topological polar surface area (TPSA) is 113 Å². The molecule has 0 saturated carbocycles. The first-order valence-corrected chi connectivity index (χ1v) is 11.8. The fourth-order valence-corrected chi connectivity index (χ4v) is 5.78. The van der Waals surface area contributed by atoms with Gasteiger partial charge in [0.1, 0.15) is 23.2 Å². The number of carboxylic acid groups (broad SMARTS) is 1. The Kier molecular flexibility index (Phi) is 6.33. The van der Waals surface area contributed by atoms with Gasteiger partial charge >= 0.3 is 11.9 Å². The number of aliphatic carboxylic acids is 1. The standard InChI is InChI=1S/C22H20N2O6S2/c1-12(30-22(29)13-6-3-2-4-7-13)15-11-32-20-17(19(26)24(20)18(15)21(27)28)23-16(25)10-14-8-5-9-31-14/h2-9,12,17,20H,10-11H2,1H3,(H,23,25)(H,27,28)/t12?,17-,20+/m1/s1. The van der Waals surface area contributed by atoms with Gasteiger partial charge in [-0.2, -0.15) is 0 Å². The van der Waals surface area contributed by atoms with E-state index in [1.54, 1.807) is 37.3 Å². The van der Waals surface area contributed by atoms with Gasteiger partial charge in [-0.15, -0.1) is 23.1 Å². The summed E-state index contributed by atoms with van der Waals surface area (Å²) in [5, 5.41) is 13.9. The quantitative estimate of drug-likeness (QED) is 0.470. The monoisotopic (exact) mass is 472 g/mol. The Labute approximate surface area is 192 Å². The molecule has 32 heavy (non-hydrogen) atoms. The summed E-state index contributed by atoms with van der Waals surface area (Å²) in [6.07, 6.45) is -0.666. The first-order chi connectivity index (χ1) is 15.4. The smallest absolute Gasteiger partial charge is 0.352 e. The SMILES string of the molecule is CC(OC(=O)c1ccccc1)C1=C(C(=O)O)N2C(=O)[C@@H](NC(=O)Cc3cccs3)[C@@H]2SC1. The number of hydrogen-bond acceptors (Lipinski definition) is 7. The van der Waals surface area contributed by atoms with Crippen molar-refractivity contribution in [2.24, 2.45) is 0 Å². The normalized spacial score (nSPS) is 20.8. The van der Waals surface area contributed by atoms with Gasteiger partial charge in [0.05, 0.1) is 12.0 Å². The van der Waals surface area contributed by atoms with E-state index in [0.717, 1.165) is 4.88 Å². The van der Waals surface area contributed by atoms with Crippen LogP contribution in [0.4, 0.5) is 0 Å². The lowest BCUT2D eigenvalue weighted by Crippen LogP contribution is -2.70. The third-order valence-corrected chi connectivity index (χ3v) is 7.39. The van der Waals surface area contributed by atoms with Gasteiger partial charge in [-0.3, -0.25) is 14.5 Å². The Morgan fingerprint density at radius 2 is 1.97 bits per heavy atom. The molecule has 1 unspecified atom stereocenters. The van der Waals surface area contributed by atoms with Gasteiger partial charge in [-0.1, -0.05) is 24.3 Å². The fourth-order valence-electron chi connectivity index (χ4n) is 3.62. The molecule has 0 radical (unpaired) electrons. The highest BCUT2D eigenvalue weighted by molar-refractivity contribution is 8.00. The lowest BCUT2D eigenvalue weighted by Gasteiger charge is -2.49. The molecule has 3 heterocycles. The number of benzene rings is 1. The number of β-lactam (4-membered cyclic amide) rings is 1. The maximum absolute atomic E-state index is 12.8. The summed E-state index contributed by atoms with van der Waals surface area (Å²) in [4.78, 5) is 51.5. The Morgan fingerprint density at radius 3 is 2.62 bits per heavy atom. The second-order valence-electron chi connectivity index (χ2n) is 7.30. The van der Waals surface area contributed by atoms with E-state index in [4.69, 9.17) is 4.74 Å². The van der Waals surface area contributed by atoms with E-state index in [0.29, 0.717) is 11.1 Å². The summed E-state index contributed by atoms with van der Waals surface area (Å²) < 4.78 is 5.47. The number of rotatable bonds is 7. The number of nitrogens with one attached hydrogen (secondary N) is 1. The number of hydrogen-bond donors (Lipinski definition) is 2. The average molecular weight is 473 g/mol. The molecule has 0 spiro atoms. The number of esters is 1. The number of carboxylic acids is 1. The predicted molar refractivity (Wildman–Crippen MR) is 119 cm³/mol. The molecule has 2 aromatic rings. The van der Waals surface area contributed by atoms with E-state index in [9.17, 15) is 24.3 Å². The van der Waals surface area contributed by atoms with E-state index in [1.165, 1.54) is 28.0 Å². The Hall–Kier alpha value is -3.11. The summed E-state index contributed by atoms with van der Waals surface area (Å²) in [5.74, 6) is -2.36. The molecule has 8 nitrogen and oxygen atoms in total. The minimum Gasteiger partial charge on any atom is -0.477 e. The summed E-state index contributed by atoms with van der Waals surface area (Å²) in [5.41, 5.74) is 0.516. The lowest BCUT2D eigenvalue weighted by atomic mass is 10.0. The van der Waals surface area contributed by atoms with Crippen molar-refractivity contribution in [1.82, 2.24) is 10.2 Å². The number of amides is 2. The molecule has 1 saturated heterocycles. The van der Waals surface area contributed by atoms with E-state index < -0.39 is 35.4 Å².